The molecule has 2 aromatic rings. The van der Waals surface area contributed by atoms with Gasteiger partial charge < -0.3 is 15.0 Å². The van der Waals surface area contributed by atoms with Gasteiger partial charge in [-0.3, -0.25) is 9.36 Å². The van der Waals surface area contributed by atoms with E-state index in [4.69, 9.17) is 4.74 Å². The zero-order chi connectivity index (χ0) is 18.7. The van der Waals surface area contributed by atoms with E-state index in [0.717, 1.165) is 6.42 Å². The lowest BCUT2D eigenvalue weighted by molar-refractivity contribution is -0.119. The molecule has 1 aliphatic rings. The third-order valence-corrected chi connectivity index (χ3v) is 4.34. The fourth-order valence-corrected chi connectivity index (χ4v) is 2.85. The van der Waals surface area contributed by atoms with Gasteiger partial charge >= 0.3 is 5.69 Å². The molecule has 0 bridgehead atoms. The molecular weight excluding hydrogens is 339 g/mol. The maximum Gasteiger partial charge on any atom is 0.352 e. The zero-order valence-corrected chi connectivity index (χ0v) is 14.8. The summed E-state index contributed by atoms with van der Waals surface area (Å²) in [5.74, 6) is 0.317. The first kappa shape index (κ1) is 17.9. The first-order valence-electron chi connectivity index (χ1n) is 8.43. The molecule has 1 amide bonds. The highest BCUT2D eigenvalue weighted by atomic mass is 19.1. The number of amides is 1. The van der Waals surface area contributed by atoms with E-state index in [1.165, 1.54) is 10.6 Å². The van der Waals surface area contributed by atoms with Crippen molar-refractivity contribution < 1.29 is 13.9 Å². The molecule has 2 heterocycles. The molecule has 138 valence electrons. The van der Waals surface area contributed by atoms with Crippen LogP contribution < -0.4 is 20.6 Å². The van der Waals surface area contributed by atoms with Crippen molar-refractivity contribution in [2.24, 2.45) is 0 Å². The minimum atomic E-state index is -0.422. The van der Waals surface area contributed by atoms with Crippen LogP contribution in [0.4, 0.5) is 10.2 Å². The minimum Gasteiger partial charge on any atom is -0.473 e. The van der Waals surface area contributed by atoms with Crippen LogP contribution in [0.25, 0.3) is 0 Å². The molecule has 0 saturated heterocycles. The third kappa shape index (κ3) is 3.84. The number of aryl methyl sites for hydroxylation is 1. The van der Waals surface area contributed by atoms with E-state index in [2.05, 4.69) is 10.3 Å². The fraction of sp³-hybridized carbons (Fsp3) is 0.389. The Morgan fingerprint density at radius 1 is 1.35 bits per heavy atom. The van der Waals surface area contributed by atoms with Crippen molar-refractivity contribution in [2.75, 3.05) is 25.0 Å². The quantitative estimate of drug-likeness (QED) is 0.868. The summed E-state index contributed by atoms with van der Waals surface area (Å²) in [6.07, 6.45) is 0.758. The Morgan fingerprint density at radius 3 is 2.88 bits per heavy atom. The lowest BCUT2D eigenvalue weighted by Gasteiger charge is -2.31. The predicted octanol–water partition coefficient (Wildman–Crippen LogP) is 1.23. The van der Waals surface area contributed by atoms with Gasteiger partial charge in [0.05, 0.1) is 6.54 Å². The van der Waals surface area contributed by atoms with Gasteiger partial charge in [0.1, 0.15) is 18.2 Å². The zero-order valence-electron chi connectivity index (χ0n) is 14.8. The van der Waals surface area contributed by atoms with Gasteiger partial charge in [0.2, 0.25) is 11.8 Å². The van der Waals surface area contributed by atoms with Crippen LogP contribution >= 0.6 is 0 Å². The van der Waals surface area contributed by atoms with Crippen molar-refractivity contribution in [2.45, 2.75) is 26.5 Å². The van der Waals surface area contributed by atoms with Crippen LogP contribution in [0.3, 0.4) is 0 Å². The van der Waals surface area contributed by atoms with Crippen LogP contribution in [0.15, 0.2) is 29.1 Å². The lowest BCUT2D eigenvalue weighted by Crippen LogP contribution is -2.43. The maximum absolute atomic E-state index is 13.6. The minimum absolute atomic E-state index is 0.0997. The molecule has 1 aliphatic heterocycles. The van der Waals surface area contributed by atoms with E-state index < -0.39 is 5.69 Å². The molecule has 8 heteroatoms. The second-order valence-electron chi connectivity index (χ2n) is 6.21. The van der Waals surface area contributed by atoms with E-state index in [0.29, 0.717) is 30.0 Å². The summed E-state index contributed by atoms with van der Waals surface area (Å²) < 4.78 is 20.8. The average molecular weight is 360 g/mol. The van der Waals surface area contributed by atoms with E-state index in [1.807, 2.05) is 4.90 Å². The Balaban J connectivity index is 1.81. The van der Waals surface area contributed by atoms with Crippen molar-refractivity contribution >= 4 is 11.7 Å². The number of aromatic nitrogens is 2. The number of nitrogens with one attached hydrogen (secondary N) is 1. The second-order valence-corrected chi connectivity index (χ2v) is 6.21. The second kappa shape index (κ2) is 7.55. The van der Waals surface area contributed by atoms with Crippen molar-refractivity contribution in [1.82, 2.24) is 14.9 Å². The van der Waals surface area contributed by atoms with Crippen molar-refractivity contribution in [3.8, 4) is 5.88 Å². The summed E-state index contributed by atoms with van der Waals surface area (Å²) in [4.78, 5) is 29.8. The molecule has 1 aromatic heterocycles. The molecule has 0 spiro atoms. The highest BCUT2D eigenvalue weighted by molar-refractivity contribution is 5.80. The average Bonchev–Trinajstić information content (AvgIpc) is 2.63. The summed E-state index contributed by atoms with van der Waals surface area (Å²) in [6.45, 7) is 3.16. The van der Waals surface area contributed by atoms with E-state index in [-0.39, 0.29) is 30.8 Å². The molecular formula is C18H21FN4O3. The first-order chi connectivity index (χ1) is 12.5. The highest BCUT2D eigenvalue weighted by Gasteiger charge is 2.21. The summed E-state index contributed by atoms with van der Waals surface area (Å²) >= 11 is 0. The number of hydrogen-bond donors (Lipinski definition) is 1. The van der Waals surface area contributed by atoms with Crippen LogP contribution in [-0.2, 0) is 17.9 Å². The van der Waals surface area contributed by atoms with Crippen LogP contribution in [0.5, 0.6) is 5.88 Å². The number of fused-ring (bicyclic) bond motifs is 1. The molecule has 0 saturated carbocycles. The molecule has 0 fully saturated rings. The summed E-state index contributed by atoms with van der Waals surface area (Å²) in [7, 11) is 1.57. The van der Waals surface area contributed by atoms with Crippen LogP contribution in [0, 0.1) is 12.7 Å². The van der Waals surface area contributed by atoms with Crippen LogP contribution in [0.2, 0.25) is 0 Å². The number of anilines is 1. The molecule has 1 N–H and O–H groups in total. The van der Waals surface area contributed by atoms with Gasteiger partial charge in [0.25, 0.3) is 0 Å². The molecule has 0 unspecified atom stereocenters. The van der Waals surface area contributed by atoms with E-state index in [9.17, 15) is 14.0 Å². The predicted molar refractivity (Wildman–Crippen MR) is 94.9 cm³/mol. The Morgan fingerprint density at radius 2 is 2.15 bits per heavy atom. The highest BCUT2D eigenvalue weighted by Crippen LogP contribution is 2.22. The first-order valence-corrected chi connectivity index (χ1v) is 8.43. The number of hydrogen-bond acceptors (Lipinski definition) is 5. The van der Waals surface area contributed by atoms with Crippen molar-refractivity contribution in [3.63, 3.8) is 0 Å². The maximum atomic E-state index is 13.6. The molecule has 3 rings (SSSR count). The van der Waals surface area contributed by atoms with Gasteiger partial charge in [0.15, 0.2) is 0 Å². The largest absolute Gasteiger partial charge is 0.473 e. The Labute approximate surface area is 150 Å². The number of carbonyl (C=O) groups excluding carboxylic acids is 1. The smallest absolute Gasteiger partial charge is 0.352 e. The van der Waals surface area contributed by atoms with Gasteiger partial charge in [-0.1, -0.05) is 12.1 Å². The van der Waals surface area contributed by atoms with Gasteiger partial charge in [-0.2, -0.15) is 4.98 Å². The van der Waals surface area contributed by atoms with E-state index in [1.54, 1.807) is 32.2 Å². The van der Waals surface area contributed by atoms with Gasteiger partial charge in [-0.05, 0) is 30.5 Å². The molecule has 1 aromatic carbocycles. The summed E-state index contributed by atoms with van der Waals surface area (Å²) in [6, 6.07) is 6.49. The monoisotopic (exact) mass is 360 g/mol. The Kier molecular flexibility index (Phi) is 5.20. The molecule has 26 heavy (non-hydrogen) atoms. The Hall–Kier alpha value is -2.90. The third-order valence-electron chi connectivity index (χ3n) is 4.34. The van der Waals surface area contributed by atoms with Crippen LogP contribution in [0.1, 0.15) is 17.5 Å². The summed E-state index contributed by atoms with van der Waals surface area (Å²) in [5, 5.41) is 2.58. The standard InChI is InChI=1S/C18H21FN4O3/c1-12-4-5-13(8-14(12)19)11-26-16-9-17-22(10-15(24)20-2)6-3-7-23(17)18(25)21-16/h4-5,8-9H,3,6-7,10-11H2,1-2H3,(H,20,24). The number of rotatable bonds is 5. The van der Waals surface area contributed by atoms with Crippen LogP contribution in [-0.4, -0.2) is 35.6 Å². The molecule has 0 radical (unpaired) electrons. The van der Waals surface area contributed by atoms with Gasteiger partial charge in [-0.15, -0.1) is 0 Å². The number of halogens is 1. The summed E-state index contributed by atoms with van der Waals surface area (Å²) in [5.41, 5.74) is 0.785. The lowest BCUT2D eigenvalue weighted by atomic mass is 10.1. The molecule has 0 atom stereocenters. The number of carbonyl (C=O) groups is 1. The van der Waals surface area contributed by atoms with Gasteiger partial charge in [-0.25, -0.2) is 9.18 Å². The topological polar surface area (TPSA) is 76.5 Å². The SMILES string of the molecule is CNC(=O)CN1CCCn2c1cc(OCc1ccc(C)c(F)c1)nc2=O. The number of benzene rings is 1. The number of nitrogens with zero attached hydrogens (tertiary/aromatic N) is 3. The van der Waals surface area contributed by atoms with E-state index >= 15 is 0 Å². The number of ether oxygens (including phenoxy) is 1. The molecule has 0 aliphatic carbocycles. The van der Waals surface area contributed by atoms with Gasteiger partial charge in [0, 0.05) is 26.2 Å². The number of likely N-dealkylation sites (N-methyl/N-ethyl adjacent to an activating group) is 1. The van der Waals surface area contributed by atoms with Crippen molar-refractivity contribution in [3.05, 3.63) is 51.7 Å². The fourth-order valence-electron chi connectivity index (χ4n) is 2.85. The normalized spacial score (nSPS) is 13.3. The van der Waals surface area contributed by atoms with Crippen molar-refractivity contribution in [1.29, 1.82) is 0 Å². The molecule has 7 nitrogen and oxygen atoms in total. The Bertz CT molecular complexity index is 881.